The maximum Gasteiger partial charge on any atom is 0.401 e. The lowest BCUT2D eigenvalue weighted by Gasteiger charge is -2.34. The molecule has 2 aromatic rings. The van der Waals surface area contributed by atoms with Crippen molar-refractivity contribution in [3.05, 3.63) is 46.0 Å². The molecule has 2 aromatic heterocycles. The van der Waals surface area contributed by atoms with Crippen molar-refractivity contribution >= 4 is 5.65 Å². The van der Waals surface area contributed by atoms with Gasteiger partial charge in [0.05, 0.1) is 12.2 Å². The molecule has 8 heteroatoms. The zero-order valence-corrected chi connectivity index (χ0v) is 13.4. The fourth-order valence-corrected chi connectivity index (χ4v) is 2.93. The van der Waals surface area contributed by atoms with Crippen LogP contribution < -0.4 is 5.56 Å². The average molecular weight is 340 g/mol. The Bertz CT molecular complexity index is 779. The van der Waals surface area contributed by atoms with E-state index < -0.39 is 12.7 Å². The van der Waals surface area contributed by atoms with E-state index in [1.165, 1.54) is 15.4 Å². The molecule has 0 radical (unpaired) electrons. The largest absolute Gasteiger partial charge is 0.401 e. The van der Waals surface area contributed by atoms with E-state index in [-0.39, 0.29) is 5.56 Å². The van der Waals surface area contributed by atoms with Crippen LogP contribution in [0, 0.1) is 6.92 Å². The fourth-order valence-electron chi connectivity index (χ4n) is 2.93. The molecule has 0 spiro atoms. The van der Waals surface area contributed by atoms with E-state index in [2.05, 4.69) is 4.98 Å². The first-order chi connectivity index (χ1) is 11.3. The number of nitrogens with zero attached hydrogens (tertiary/aromatic N) is 4. The third kappa shape index (κ3) is 4.12. The Morgan fingerprint density at radius 3 is 2.46 bits per heavy atom. The van der Waals surface area contributed by atoms with E-state index in [0.717, 1.165) is 5.56 Å². The van der Waals surface area contributed by atoms with E-state index in [0.29, 0.717) is 44.1 Å². The number of rotatable bonds is 3. The van der Waals surface area contributed by atoms with E-state index in [1.807, 2.05) is 17.9 Å². The maximum atomic E-state index is 12.4. The Morgan fingerprint density at radius 2 is 1.79 bits per heavy atom. The summed E-state index contributed by atoms with van der Waals surface area (Å²) in [4.78, 5) is 20.1. The molecule has 0 aliphatic carbocycles. The topological polar surface area (TPSA) is 40.9 Å². The van der Waals surface area contributed by atoms with Crippen LogP contribution in [-0.4, -0.2) is 58.1 Å². The molecule has 0 bridgehead atoms. The van der Waals surface area contributed by atoms with Gasteiger partial charge in [0.1, 0.15) is 5.65 Å². The van der Waals surface area contributed by atoms with Gasteiger partial charge < -0.3 is 0 Å². The van der Waals surface area contributed by atoms with Crippen molar-refractivity contribution in [3.63, 3.8) is 0 Å². The van der Waals surface area contributed by atoms with Crippen LogP contribution in [0.3, 0.4) is 0 Å². The van der Waals surface area contributed by atoms with E-state index >= 15 is 0 Å². The second-order valence-corrected chi connectivity index (χ2v) is 6.19. The number of alkyl halides is 3. The van der Waals surface area contributed by atoms with Crippen LogP contribution in [0.5, 0.6) is 0 Å². The molecule has 3 heterocycles. The number of pyridine rings is 1. The first-order valence-electron chi connectivity index (χ1n) is 7.80. The molecule has 1 aliphatic heterocycles. The van der Waals surface area contributed by atoms with Gasteiger partial charge in [-0.2, -0.15) is 13.2 Å². The Balaban J connectivity index is 1.66. The number of fused-ring (bicyclic) bond motifs is 1. The Hall–Kier alpha value is -1.93. The summed E-state index contributed by atoms with van der Waals surface area (Å²) in [6, 6.07) is 5.18. The predicted octanol–water partition coefficient (Wildman–Crippen LogP) is 1.68. The number of aromatic nitrogens is 2. The minimum Gasteiger partial charge on any atom is -0.295 e. The fraction of sp³-hybridized carbons (Fsp3) is 0.500. The Labute approximate surface area is 137 Å². The quantitative estimate of drug-likeness (QED) is 0.853. The zero-order chi connectivity index (χ0) is 17.3. The Morgan fingerprint density at radius 1 is 1.12 bits per heavy atom. The summed E-state index contributed by atoms with van der Waals surface area (Å²) in [7, 11) is 0. The van der Waals surface area contributed by atoms with Crippen LogP contribution in [0.25, 0.3) is 5.65 Å². The van der Waals surface area contributed by atoms with Crippen molar-refractivity contribution in [2.45, 2.75) is 19.6 Å². The van der Waals surface area contributed by atoms with Gasteiger partial charge in [0.2, 0.25) is 0 Å². The van der Waals surface area contributed by atoms with Gasteiger partial charge in [0.15, 0.2) is 0 Å². The van der Waals surface area contributed by atoms with Crippen LogP contribution in [0.1, 0.15) is 11.3 Å². The summed E-state index contributed by atoms with van der Waals surface area (Å²) >= 11 is 0. The molecule has 0 unspecified atom stereocenters. The standard InChI is InChI=1S/C16H19F3N4O/c1-12-2-3-14-20-13(8-15(24)23(14)9-12)10-21-4-6-22(7-5-21)11-16(17,18)19/h2-3,8-9H,4-7,10-11H2,1H3. The van der Waals surface area contributed by atoms with Gasteiger partial charge in [-0.25, -0.2) is 4.98 Å². The molecule has 0 amide bonds. The van der Waals surface area contributed by atoms with Crippen LogP contribution in [-0.2, 0) is 6.54 Å². The van der Waals surface area contributed by atoms with Crippen LogP contribution >= 0.6 is 0 Å². The van der Waals surface area contributed by atoms with Crippen molar-refractivity contribution in [2.75, 3.05) is 32.7 Å². The third-order valence-corrected chi connectivity index (χ3v) is 4.11. The highest BCUT2D eigenvalue weighted by Crippen LogP contribution is 2.18. The summed E-state index contributed by atoms with van der Waals surface area (Å²) < 4.78 is 38.7. The normalized spacial score (nSPS) is 17.5. The van der Waals surface area contributed by atoms with Gasteiger partial charge in [0, 0.05) is 45.0 Å². The molecule has 1 fully saturated rings. The van der Waals surface area contributed by atoms with Gasteiger partial charge in [-0.05, 0) is 18.6 Å². The molecule has 1 aliphatic rings. The van der Waals surface area contributed by atoms with Gasteiger partial charge in [-0.3, -0.25) is 19.0 Å². The summed E-state index contributed by atoms with van der Waals surface area (Å²) in [6.45, 7) is 3.31. The molecule has 0 N–H and O–H groups in total. The van der Waals surface area contributed by atoms with Crippen LogP contribution in [0.15, 0.2) is 29.2 Å². The van der Waals surface area contributed by atoms with Crippen molar-refractivity contribution in [3.8, 4) is 0 Å². The zero-order valence-electron chi connectivity index (χ0n) is 13.4. The van der Waals surface area contributed by atoms with E-state index in [1.54, 1.807) is 12.3 Å². The molecule has 0 aromatic carbocycles. The number of halogens is 3. The second kappa shape index (κ2) is 6.52. The minimum absolute atomic E-state index is 0.144. The lowest BCUT2D eigenvalue weighted by molar-refractivity contribution is -0.149. The van der Waals surface area contributed by atoms with Crippen molar-refractivity contribution in [2.24, 2.45) is 0 Å². The van der Waals surface area contributed by atoms with E-state index in [4.69, 9.17) is 0 Å². The number of hydrogen-bond acceptors (Lipinski definition) is 4. The van der Waals surface area contributed by atoms with Gasteiger partial charge in [-0.1, -0.05) is 6.07 Å². The number of aryl methyl sites for hydroxylation is 1. The monoisotopic (exact) mass is 340 g/mol. The lowest BCUT2D eigenvalue weighted by atomic mass is 10.2. The number of piperazine rings is 1. The first kappa shape index (κ1) is 16.9. The maximum absolute atomic E-state index is 12.4. The molecule has 130 valence electrons. The molecule has 3 rings (SSSR count). The molecular weight excluding hydrogens is 321 g/mol. The van der Waals surface area contributed by atoms with Crippen LogP contribution in [0.4, 0.5) is 13.2 Å². The highest BCUT2D eigenvalue weighted by molar-refractivity contribution is 5.39. The molecule has 0 saturated carbocycles. The molecule has 0 atom stereocenters. The summed E-state index contributed by atoms with van der Waals surface area (Å²) in [6.07, 6.45) is -2.42. The molecule has 24 heavy (non-hydrogen) atoms. The predicted molar refractivity (Wildman–Crippen MR) is 84.0 cm³/mol. The first-order valence-corrected chi connectivity index (χ1v) is 7.80. The second-order valence-electron chi connectivity index (χ2n) is 6.19. The summed E-state index contributed by atoms with van der Waals surface area (Å²) in [5.74, 6) is 0. The smallest absolute Gasteiger partial charge is 0.295 e. The number of hydrogen-bond donors (Lipinski definition) is 0. The van der Waals surface area contributed by atoms with Gasteiger partial charge >= 0.3 is 6.18 Å². The summed E-state index contributed by atoms with van der Waals surface area (Å²) in [5, 5.41) is 0. The Kier molecular flexibility index (Phi) is 4.60. The highest BCUT2D eigenvalue weighted by Gasteiger charge is 2.32. The van der Waals surface area contributed by atoms with Crippen molar-refractivity contribution in [1.29, 1.82) is 0 Å². The van der Waals surface area contributed by atoms with Gasteiger partial charge in [-0.15, -0.1) is 0 Å². The van der Waals surface area contributed by atoms with Gasteiger partial charge in [0.25, 0.3) is 5.56 Å². The van der Waals surface area contributed by atoms with Crippen molar-refractivity contribution < 1.29 is 13.2 Å². The van der Waals surface area contributed by atoms with Crippen LogP contribution in [0.2, 0.25) is 0 Å². The molecule has 5 nitrogen and oxygen atoms in total. The lowest BCUT2D eigenvalue weighted by Crippen LogP contribution is -2.48. The SMILES string of the molecule is Cc1ccc2nc(CN3CCN(CC(F)(F)F)CC3)cc(=O)n2c1. The average Bonchev–Trinajstić information content (AvgIpc) is 2.49. The highest BCUT2D eigenvalue weighted by atomic mass is 19.4. The molecule has 1 saturated heterocycles. The summed E-state index contributed by atoms with van der Waals surface area (Å²) in [5.41, 5.74) is 2.06. The van der Waals surface area contributed by atoms with E-state index in [9.17, 15) is 18.0 Å². The minimum atomic E-state index is -4.16. The van der Waals surface area contributed by atoms with Crippen molar-refractivity contribution in [1.82, 2.24) is 19.2 Å². The molecular formula is C16H19F3N4O. The third-order valence-electron chi connectivity index (χ3n) is 4.11.